The maximum Gasteiger partial charge on any atom is 0.269 e. The van der Waals surface area contributed by atoms with Crippen molar-refractivity contribution in [1.82, 2.24) is 13.9 Å². The first-order chi connectivity index (χ1) is 13.4. The van der Waals surface area contributed by atoms with Gasteiger partial charge in [-0.25, -0.2) is 22.4 Å². The van der Waals surface area contributed by atoms with Gasteiger partial charge in [0.15, 0.2) is 5.65 Å². The first-order valence-corrected chi connectivity index (χ1v) is 10.2. The summed E-state index contributed by atoms with van der Waals surface area (Å²) < 4.78 is 33.1. The quantitative estimate of drug-likeness (QED) is 0.525. The van der Waals surface area contributed by atoms with E-state index < -0.39 is 10.0 Å². The van der Waals surface area contributed by atoms with Crippen LogP contribution in [0.2, 0.25) is 0 Å². The maximum atomic E-state index is 13.3. The van der Waals surface area contributed by atoms with Gasteiger partial charge in [-0.2, -0.15) is 0 Å². The molecule has 0 amide bonds. The third-order valence-electron chi connectivity index (χ3n) is 4.61. The van der Waals surface area contributed by atoms with Crippen molar-refractivity contribution in [2.24, 2.45) is 0 Å². The van der Waals surface area contributed by atoms with E-state index in [2.05, 4.69) is 9.97 Å². The average molecular weight is 393 g/mol. The number of hydrogen-bond donors (Lipinski definition) is 0. The van der Waals surface area contributed by atoms with Crippen LogP contribution in [0.1, 0.15) is 11.5 Å². The SMILES string of the molecule is COc1ccc(-c2cn(S(=O)(=O)c3ccccc3)c3nc(C)nc(C)c23)cc1. The van der Waals surface area contributed by atoms with Crippen molar-refractivity contribution < 1.29 is 13.2 Å². The lowest BCUT2D eigenvalue weighted by Crippen LogP contribution is -2.12. The van der Waals surface area contributed by atoms with Crippen LogP contribution in [0.5, 0.6) is 5.75 Å². The summed E-state index contributed by atoms with van der Waals surface area (Å²) >= 11 is 0. The van der Waals surface area contributed by atoms with E-state index in [9.17, 15) is 8.42 Å². The van der Waals surface area contributed by atoms with Crippen LogP contribution in [0, 0.1) is 13.8 Å². The molecule has 0 saturated heterocycles. The molecule has 0 aliphatic rings. The number of aromatic nitrogens is 3. The number of hydrogen-bond acceptors (Lipinski definition) is 5. The molecule has 142 valence electrons. The summed E-state index contributed by atoms with van der Waals surface area (Å²) in [6.45, 7) is 3.62. The number of methoxy groups -OCH3 is 1. The van der Waals surface area contributed by atoms with Crippen LogP contribution >= 0.6 is 0 Å². The summed E-state index contributed by atoms with van der Waals surface area (Å²) in [6, 6.07) is 15.8. The Morgan fingerprint density at radius 3 is 2.25 bits per heavy atom. The Hall–Kier alpha value is -3.19. The van der Waals surface area contributed by atoms with Crippen LogP contribution in [0.25, 0.3) is 22.2 Å². The minimum Gasteiger partial charge on any atom is -0.497 e. The second-order valence-electron chi connectivity index (χ2n) is 6.44. The highest BCUT2D eigenvalue weighted by molar-refractivity contribution is 7.90. The summed E-state index contributed by atoms with van der Waals surface area (Å²) in [5.41, 5.74) is 2.73. The molecule has 7 heteroatoms. The number of aryl methyl sites for hydroxylation is 2. The molecule has 28 heavy (non-hydrogen) atoms. The van der Waals surface area contributed by atoms with Crippen LogP contribution in [0.3, 0.4) is 0 Å². The molecular weight excluding hydrogens is 374 g/mol. The lowest BCUT2D eigenvalue weighted by Gasteiger charge is -2.07. The highest BCUT2D eigenvalue weighted by atomic mass is 32.2. The molecule has 4 aromatic rings. The Morgan fingerprint density at radius 1 is 0.929 bits per heavy atom. The van der Waals surface area contributed by atoms with Crippen molar-refractivity contribution in [3.63, 3.8) is 0 Å². The smallest absolute Gasteiger partial charge is 0.269 e. The van der Waals surface area contributed by atoms with Gasteiger partial charge in [-0.1, -0.05) is 30.3 Å². The molecule has 0 unspecified atom stereocenters. The Kier molecular flexibility index (Phi) is 4.39. The largest absolute Gasteiger partial charge is 0.497 e. The second-order valence-corrected chi connectivity index (χ2v) is 8.25. The minimum absolute atomic E-state index is 0.210. The zero-order valence-corrected chi connectivity index (χ0v) is 16.6. The minimum atomic E-state index is -3.80. The van der Waals surface area contributed by atoms with E-state index >= 15 is 0 Å². The van der Waals surface area contributed by atoms with E-state index in [1.165, 1.54) is 3.97 Å². The standard InChI is InChI=1S/C21H19N3O3S/c1-14-20-19(16-9-11-17(27-3)12-10-16)13-24(21(20)23-15(2)22-14)28(25,26)18-7-5-4-6-8-18/h4-13H,1-3H3. The monoisotopic (exact) mass is 393 g/mol. The molecule has 0 saturated carbocycles. The molecule has 0 N–H and O–H groups in total. The molecule has 6 nitrogen and oxygen atoms in total. The van der Waals surface area contributed by atoms with Crippen molar-refractivity contribution in [3.8, 4) is 16.9 Å². The van der Waals surface area contributed by atoms with Gasteiger partial charge in [-0.15, -0.1) is 0 Å². The molecule has 4 rings (SSSR count). The molecule has 0 atom stereocenters. The summed E-state index contributed by atoms with van der Waals surface area (Å²) in [7, 11) is -2.19. The van der Waals surface area contributed by atoms with E-state index in [0.29, 0.717) is 11.5 Å². The molecule has 0 spiro atoms. The van der Waals surface area contributed by atoms with Crippen molar-refractivity contribution in [2.45, 2.75) is 18.7 Å². The fourth-order valence-electron chi connectivity index (χ4n) is 3.29. The first kappa shape index (κ1) is 18.2. The number of ether oxygens (including phenoxy) is 1. The molecule has 2 aromatic heterocycles. The Labute approximate surface area is 163 Å². The van der Waals surface area contributed by atoms with E-state index in [-0.39, 0.29) is 4.90 Å². The number of fused-ring (bicyclic) bond motifs is 1. The molecule has 0 aliphatic carbocycles. The van der Waals surface area contributed by atoms with Gasteiger partial charge in [0.05, 0.1) is 17.7 Å². The first-order valence-electron chi connectivity index (χ1n) is 8.73. The molecule has 0 radical (unpaired) electrons. The number of nitrogens with zero attached hydrogens (tertiary/aromatic N) is 3. The van der Waals surface area contributed by atoms with Gasteiger partial charge in [0, 0.05) is 17.1 Å². The molecule has 0 fully saturated rings. The fourth-order valence-corrected chi connectivity index (χ4v) is 4.62. The topological polar surface area (TPSA) is 74.1 Å². The number of rotatable bonds is 4. The Morgan fingerprint density at radius 2 is 1.61 bits per heavy atom. The molecule has 2 aromatic carbocycles. The van der Waals surface area contributed by atoms with Crippen molar-refractivity contribution in [3.05, 3.63) is 72.3 Å². The normalized spacial score (nSPS) is 11.7. The molecule has 0 aliphatic heterocycles. The highest BCUT2D eigenvalue weighted by Crippen LogP contribution is 2.34. The summed E-state index contributed by atoms with van der Waals surface area (Å²) in [5, 5.41) is 0.718. The van der Waals surface area contributed by atoms with Gasteiger partial charge in [0.1, 0.15) is 11.6 Å². The lowest BCUT2D eigenvalue weighted by atomic mass is 10.0. The van der Waals surface area contributed by atoms with E-state index in [1.807, 2.05) is 31.2 Å². The van der Waals surface area contributed by atoms with Gasteiger partial charge in [-0.3, -0.25) is 0 Å². The van der Waals surface area contributed by atoms with Gasteiger partial charge in [0.2, 0.25) is 0 Å². The van der Waals surface area contributed by atoms with E-state index in [0.717, 1.165) is 28.0 Å². The second kappa shape index (κ2) is 6.76. The van der Waals surface area contributed by atoms with Gasteiger partial charge in [0.25, 0.3) is 10.0 Å². The Balaban J connectivity index is 2.03. The van der Waals surface area contributed by atoms with Crippen LogP contribution in [-0.2, 0) is 10.0 Å². The molecule has 0 bridgehead atoms. The highest BCUT2D eigenvalue weighted by Gasteiger charge is 2.24. The van der Waals surface area contributed by atoms with E-state index in [4.69, 9.17) is 4.74 Å². The van der Waals surface area contributed by atoms with Crippen LogP contribution in [0.4, 0.5) is 0 Å². The van der Waals surface area contributed by atoms with Gasteiger partial charge < -0.3 is 4.74 Å². The maximum absolute atomic E-state index is 13.3. The average Bonchev–Trinajstić information content (AvgIpc) is 3.09. The third kappa shape index (κ3) is 2.93. The van der Waals surface area contributed by atoms with Crippen LogP contribution in [-0.4, -0.2) is 29.5 Å². The zero-order chi connectivity index (χ0) is 19.9. The van der Waals surface area contributed by atoms with Crippen molar-refractivity contribution in [1.29, 1.82) is 0 Å². The lowest BCUT2D eigenvalue weighted by molar-refractivity contribution is 0.415. The van der Waals surface area contributed by atoms with Gasteiger partial charge >= 0.3 is 0 Å². The van der Waals surface area contributed by atoms with Crippen molar-refractivity contribution >= 4 is 21.1 Å². The summed E-state index contributed by atoms with van der Waals surface area (Å²) in [6.07, 6.45) is 1.62. The van der Waals surface area contributed by atoms with Crippen molar-refractivity contribution in [2.75, 3.05) is 7.11 Å². The van der Waals surface area contributed by atoms with Gasteiger partial charge in [-0.05, 0) is 43.7 Å². The van der Waals surface area contributed by atoms with E-state index in [1.54, 1.807) is 50.6 Å². The molecule has 2 heterocycles. The summed E-state index contributed by atoms with van der Waals surface area (Å²) in [5.74, 6) is 1.25. The number of benzene rings is 2. The third-order valence-corrected chi connectivity index (χ3v) is 6.27. The predicted octanol–water partition coefficient (Wildman–Crippen LogP) is 3.96. The fraction of sp³-hybridized carbons (Fsp3) is 0.143. The van der Waals surface area contributed by atoms with Crippen LogP contribution in [0.15, 0.2) is 65.7 Å². The zero-order valence-electron chi connectivity index (χ0n) is 15.7. The predicted molar refractivity (Wildman–Crippen MR) is 108 cm³/mol. The van der Waals surface area contributed by atoms with Crippen LogP contribution < -0.4 is 4.74 Å². The summed E-state index contributed by atoms with van der Waals surface area (Å²) in [4.78, 5) is 9.11. The molecular formula is C21H19N3O3S. The Bertz CT molecular complexity index is 1260.